The number of halogens is 3. The minimum absolute atomic E-state index is 0.241. The van der Waals surface area contributed by atoms with Crippen molar-refractivity contribution in [3.8, 4) is 22.6 Å². The zero-order valence-electron chi connectivity index (χ0n) is 18.4. The van der Waals surface area contributed by atoms with Crippen LogP contribution < -0.4 is 21.4 Å². The highest BCUT2D eigenvalue weighted by molar-refractivity contribution is 6.30. The second-order valence-electron chi connectivity index (χ2n) is 7.42. The van der Waals surface area contributed by atoms with Crippen LogP contribution in [-0.4, -0.2) is 21.3 Å². The largest absolute Gasteiger partial charge is 0.494 e. The maximum Gasteiger partial charge on any atom is 0.161 e. The van der Waals surface area contributed by atoms with Gasteiger partial charge in [0.25, 0.3) is 0 Å². The van der Waals surface area contributed by atoms with Gasteiger partial charge in [-0.05, 0) is 42.8 Å². The van der Waals surface area contributed by atoms with Crippen molar-refractivity contribution < 1.29 is 13.5 Å². The lowest BCUT2D eigenvalue weighted by molar-refractivity contribution is 0.413. The van der Waals surface area contributed by atoms with Crippen LogP contribution in [0.3, 0.4) is 0 Å². The van der Waals surface area contributed by atoms with E-state index in [-0.39, 0.29) is 11.3 Å². The van der Waals surface area contributed by atoms with Crippen LogP contribution in [-0.2, 0) is 0 Å². The molecule has 2 aromatic carbocycles. The zero-order valence-corrected chi connectivity index (χ0v) is 19.1. The summed E-state index contributed by atoms with van der Waals surface area (Å²) in [5.74, 6) is 4.98. The summed E-state index contributed by atoms with van der Waals surface area (Å²) in [6.07, 6.45) is 5.04. The molecule has 0 aliphatic carbocycles. The van der Waals surface area contributed by atoms with Crippen LogP contribution in [0.25, 0.3) is 16.8 Å². The highest BCUT2D eigenvalue weighted by Gasteiger charge is 2.11. The number of pyridine rings is 1. The number of nitrogens with two attached hydrogens (primary N) is 1. The molecule has 0 spiro atoms. The molecule has 0 aliphatic rings. The fourth-order valence-electron chi connectivity index (χ4n) is 3.41. The summed E-state index contributed by atoms with van der Waals surface area (Å²) >= 11 is 6.14. The molecule has 0 saturated carbocycles. The van der Waals surface area contributed by atoms with Gasteiger partial charge in [-0.2, -0.15) is 0 Å². The summed E-state index contributed by atoms with van der Waals surface area (Å²) < 4.78 is 35.9. The Hall–Kier alpha value is -4.11. The third kappa shape index (κ3) is 4.79. The lowest BCUT2D eigenvalue weighted by Crippen LogP contribution is -2.29. The quantitative estimate of drug-likeness (QED) is 0.387. The standard InChI is InChI=1S/C24H21ClF2N6O/c1-14-11-32(13-29-14)22-7-5-18(10-23(22)34-3)30-15(2)31-24-19(9-17(25)12-33(24)28)16-4-6-20(26)21(27)8-16/h4-13,30H,2,28H2,1,3H3/b31-24-. The number of benzene rings is 2. The number of nitrogens with one attached hydrogen (secondary N) is 1. The normalized spacial score (nSPS) is 11.5. The summed E-state index contributed by atoms with van der Waals surface area (Å²) in [5, 5.41) is 3.39. The van der Waals surface area contributed by atoms with E-state index in [0.29, 0.717) is 27.6 Å². The molecule has 2 heterocycles. The lowest BCUT2D eigenvalue weighted by Gasteiger charge is -2.13. The van der Waals surface area contributed by atoms with Gasteiger partial charge in [-0.3, -0.25) is 4.68 Å². The summed E-state index contributed by atoms with van der Waals surface area (Å²) in [5.41, 5.74) is 3.36. The molecule has 4 aromatic rings. The van der Waals surface area contributed by atoms with Crippen LogP contribution in [0.1, 0.15) is 5.69 Å². The van der Waals surface area contributed by atoms with Crippen molar-refractivity contribution in [1.29, 1.82) is 0 Å². The first-order valence-corrected chi connectivity index (χ1v) is 10.5. The van der Waals surface area contributed by atoms with Gasteiger partial charge in [0.1, 0.15) is 11.6 Å². The maximum atomic E-state index is 13.9. The van der Waals surface area contributed by atoms with E-state index >= 15 is 0 Å². The number of methoxy groups -OCH3 is 1. The Bertz CT molecular complexity index is 1460. The number of aromatic nitrogens is 3. The molecule has 0 atom stereocenters. The Morgan fingerprint density at radius 3 is 2.62 bits per heavy atom. The third-order valence-corrected chi connectivity index (χ3v) is 5.17. The highest BCUT2D eigenvalue weighted by atomic mass is 35.5. The molecule has 0 radical (unpaired) electrons. The molecule has 10 heteroatoms. The average molecular weight is 483 g/mol. The Labute approximate surface area is 199 Å². The van der Waals surface area contributed by atoms with E-state index in [9.17, 15) is 8.78 Å². The van der Waals surface area contributed by atoms with Crippen molar-refractivity contribution in [2.75, 3.05) is 18.3 Å². The first-order valence-electron chi connectivity index (χ1n) is 10.1. The molecular formula is C24H21ClF2N6O. The van der Waals surface area contributed by atoms with E-state index in [1.54, 1.807) is 25.6 Å². The first kappa shape index (κ1) is 23.1. The van der Waals surface area contributed by atoms with Crippen molar-refractivity contribution in [3.63, 3.8) is 0 Å². The van der Waals surface area contributed by atoms with Gasteiger partial charge in [-0.15, -0.1) is 0 Å². The molecule has 2 aromatic heterocycles. The molecule has 0 amide bonds. The van der Waals surface area contributed by atoms with Gasteiger partial charge in [-0.25, -0.2) is 18.8 Å². The number of hydrogen-bond donors (Lipinski definition) is 2. The topological polar surface area (TPSA) is 82.4 Å². The Morgan fingerprint density at radius 2 is 1.94 bits per heavy atom. The van der Waals surface area contributed by atoms with Crippen molar-refractivity contribution in [1.82, 2.24) is 14.2 Å². The number of nitrogens with zero attached hydrogens (tertiary/aromatic N) is 4. The molecule has 7 nitrogen and oxygen atoms in total. The van der Waals surface area contributed by atoms with Crippen LogP contribution in [0.2, 0.25) is 5.02 Å². The van der Waals surface area contributed by atoms with Crippen LogP contribution in [0.4, 0.5) is 14.5 Å². The van der Waals surface area contributed by atoms with Crippen LogP contribution in [0, 0.1) is 18.6 Å². The summed E-state index contributed by atoms with van der Waals surface area (Å²) in [6.45, 7) is 5.85. The minimum Gasteiger partial charge on any atom is -0.494 e. The molecule has 3 N–H and O–H groups in total. The van der Waals surface area contributed by atoms with E-state index in [2.05, 4.69) is 21.9 Å². The SMILES string of the molecule is C=C(/N=c1/c(-c2ccc(F)c(F)c2)cc(Cl)cn1N)Nc1ccc(-n2cnc(C)c2)c(OC)c1. The third-order valence-electron chi connectivity index (χ3n) is 4.96. The monoisotopic (exact) mass is 482 g/mol. The van der Waals surface area contributed by atoms with Crippen LogP contribution in [0.15, 0.2) is 78.6 Å². The maximum absolute atomic E-state index is 13.9. The van der Waals surface area contributed by atoms with Crippen molar-refractivity contribution in [2.45, 2.75) is 6.92 Å². The Kier molecular flexibility index (Phi) is 6.38. The average Bonchev–Trinajstić information content (AvgIpc) is 3.23. The number of ether oxygens (including phenoxy) is 1. The first-order chi connectivity index (χ1) is 16.2. The molecule has 0 fully saturated rings. The van der Waals surface area contributed by atoms with Gasteiger partial charge in [-0.1, -0.05) is 24.2 Å². The fourth-order valence-corrected chi connectivity index (χ4v) is 3.63. The number of aryl methyl sites for hydroxylation is 1. The van der Waals surface area contributed by atoms with E-state index in [1.807, 2.05) is 29.8 Å². The predicted molar refractivity (Wildman–Crippen MR) is 128 cm³/mol. The van der Waals surface area contributed by atoms with Gasteiger partial charge in [0.15, 0.2) is 17.1 Å². The number of nitrogen functional groups attached to an aromatic ring is 1. The number of rotatable bonds is 6. The molecule has 0 unspecified atom stereocenters. The molecular weight excluding hydrogens is 462 g/mol. The predicted octanol–water partition coefficient (Wildman–Crippen LogP) is 4.79. The molecule has 4 rings (SSSR count). The second kappa shape index (κ2) is 9.40. The molecule has 34 heavy (non-hydrogen) atoms. The smallest absolute Gasteiger partial charge is 0.161 e. The van der Waals surface area contributed by atoms with Gasteiger partial charge in [0.05, 0.1) is 29.8 Å². The molecule has 0 aliphatic heterocycles. The fraction of sp³-hybridized carbons (Fsp3) is 0.0833. The second-order valence-corrected chi connectivity index (χ2v) is 7.86. The number of anilines is 1. The zero-order chi connectivity index (χ0) is 24.4. The van der Waals surface area contributed by atoms with Crippen molar-refractivity contribution >= 4 is 17.3 Å². The van der Waals surface area contributed by atoms with Gasteiger partial charge < -0.3 is 20.5 Å². The van der Waals surface area contributed by atoms with E-state index < -0.39 is 11.6 Å². The summed E-state index contributed by atoms with van der Waals surface area (Å²) in [6, 6.07) is 10.6. The number of hydrogen-bond acceptors (Lipinski definition) is 5. The Balaban J connectivity index is 1.69. The van der Waals surface area contributed by atoms with E-state index in [0.717, 1.165) is 23.5 Å². The summed E-state index contributed by atoms with van der Waals surface area (Å²) in [4.78, 5) is 8.70. The van der Waals surface area contributed by atoms with Crippen LogP contribution in [0.5, 0.6) is 5.75 Å². The molecule has 174 valence electrons. The number of imidazole rings is 1. The highest BCUT2D eigenvalue weighted by Crippen LogP contribution is 2.27. The van der Waals surface area contributed by atoms with E-state index in [4.69, 9.17) is 22.2 Å². The summed E-state index contributed by atoms with van der Waals surface area (Å²) in [7, 11) is 1.57. The molecule has 0 saturated heterocycles. The minimum atomic E-state index is -0.996. The molecule has 0 bridgehead atoms. The lowest BCUT2D eigenvalue weighted by atomic mass is 10.1. The van der Waals surface area contributed by atoms with Crippen molar-refractivity contribution in [2.24, 2.45) is 4.99 Å². The Morgan fingerprint density at radius 1 is 1.15 bits per heavy atom. The van der Waals surface area contributed by atoms with E-state index in [1.165, 1.54) is 16.9 Å². The van der Waals surface area contributed by atoms with Gasteiger partial charge in [0.2, 0.25) is 0 Å². The van der Waals surface area contributed by atoms with Crippen LogP contribution >= 0.6 is 11.6 Å². The van der Waals surface area contributed by atoms with Gasteiger partial charge >= 0.3 is 0 Å². The van der Waals surface area contributed by atoms with Crippen molar-refractivity contribution in [3.05, 3.63) is 101 Å². The van der Waals surface area contributed by atoms with Gasteiger partial charge in [0, 0.05) is 29.7 Å².